The van der Waals surface area contributed by atoms with E-state index in [0.29, 0.717) is 16.7 Å². The summed E-state index contributed by atoms with van der Waals surface area (Å²) in [5.41, 5.74) is 1.26. The number of amides is 2. The van der Waals surface area contributed by atoms with Crippen LogP contribution in [0.2, 0.25) is 0 Å². The van der Waals surface area contributed by atoms with E-state index in [1.807, 2.05) is 6.07 Å². The van der Waals surface area contributed by atoms with E-state index < -0.39 is 35.7 Å². The number of nitriles is 1. The SMILES string of the molecule is CC(=O)N[C@@H](Cc1cccc(F)c1)C(=O)N[C@@H](Cc1ccccc1C#N)C(=O)O. The summed E-state index contributed by atoms with van der Waals surface area (Å²) in [6.45, 7) is 1.23. The lowest BCUT2D eigenvalue weighted by Gasteiger charge is -2.21. The van der Waals surface area contributed by atoms with Gasteiger partial charge < -0.3 is 15.7 Å². The molecule has 0 aliphatic heterocycles. The smallest absolute Gasteiger partial charge is 0.326 e. The molecule has 150 valence electrons. The first-order valence-electron chi connectivity index (χ1n) is 8.83. The highest BCUT2D eigenvalue weighted by Crippen LogP contribution is 2.11. The number of halogens is 1. The summed E-state index contributed by atoms with van der Waals surface area (Å²) in [5.74, 6) is -2.96. The third kappa shape index (κ3) is 6.43. The molecule has 2 rings (SSSR count). The first kappa shape index (κ1) is 21.6. The number of hydrogen-bond donors (Lipinski definition) is 3. The van der Waals surface area contributed by atoms with Crippen molar-refractivity contribution in [3.05, 3.63) is 71.0 Å². The Morgan fingerprint density at radius 3 is 2.41 bits per heavy atom. The summed E-state index contributed by atoms with van der Waals surface area (Å²) in [6.07, 6.45) is -0.109. The highest BCUT2D eigenvalue weighted by Gasteiger charge is 2.27. The van der Waals surface area contributed by atoms with E-state index in [0.717, 1.165) is 0 Å². The van der Waals surface area contributed by atoms with Gasteiger partial charge in [0.1, 0.15) is 17.9 Å². The molecular weight excluding hydrogens is 377 g/mol. The second-order valence-corrected chi connectivity index (χ2v) is 6.46. The lowest BCUT2D eigenvalue weighted by molar-refractivity contribution is -0.142. The lowest BCUT2D eigenvalue weighted by atomic mass is 10.00. The Bertz CT molecular complexity index is 955. The van der Waals surface area contributed by atoms with Crippen LogP contribution in [0.4, 0.5) is 4.39 Å². The number of carbonyl (C=O) groups excluding carboxylic acids is 2. The molecule has 0 saturated carbocycles. The van der Waals surface area contributed by atoms with Crippen molar-refractivity contribution < 1.29 is 23.9 Å². The molecule has 2 aromatic rings. The van der Waals surface area contributed by atoms with Gasteiger partial charge in [0.15, 0.2) is 0 Å². The van der Waals surface area contributed by atoms with Crippen LogP contribution < -0.4 is 10.6 Å². The van der Waals surface area contributed by atoms with Crippen LogP contribution in [0.3, 0.4) is 0 Å². The van der Waals surface area contributed by atoms with Gasteiger partial charge in [0, 0.05) is 19.8 Å². The van der Waals surface area contributed by atoms with E-state index in [1.54, 1.807) is 30.3 Å². The summed E-state index contributed by atoms with van der Waals surface area (Å²) in [4.78, 5) is 35.8. The molecule has 0 aromatic heterocycles. The van der Waals surface area contributed by atoms with Gasteiger partial charge >= 0.3 is 5.97 Å². The average Bonchev–Trinajstić information content (AvgIpc) is 2.66. The van der Waals surface area contributed by atoms with Gasteiger partial charge in [-0.05, 0) is 29.3 Å². The number of hydrogen-bond acceptors (Lipinski definition) is 4. The number of carboxylic acids is 1. The molecule has 8 heteroatoms. The molecule has 29 heavy (non-hydrogen) atoms. The highest BCUT2D eigenvalue weighted by molar-refractivity contribution is 5.90. The molecule has 2 aromatic carbocycles. The number of carbonyl (C=O) groups is 3. The second kappa shape index (κ2) is 9.99. The topological polar surface area (TPSA) is 119 Å². The van der Waals surface area contributed by atoms with Crippen LogP contribution in [0, 0.1) is 17.1 Å². The molecule has 0 bridgehead atoms. The zero-order chi connectivity index (χ0) is 21.4. The van der Waals surface area contributed by atoms with Gasteiger partial charge in [0.25, 0.3) is 0 Å². The molecule has 2 atom stereocenters. The van der Waals surface area contributed by atoms with Gasteiger partial charge in [-0.1, -0.05) is 30.3 Å². The zero-order valence-corrected chi connectivity index (χ0v) is 15.7. The van der Waals surface area contributed by atoms with Crippen LogP contribution in [0.25, 0.3) is 0 Å². The summed E-state index contributed by atoms with van der Waals surface area (Å²) >= 11 is 0. The molecule has 0 unspecified atom stereocenters. The van der Waals surface area contributed by atoms with Crippen molar-refractivity contribution in [3.63, 3.8) is 0 Å². The highest BCUT2D eigenvalue weighted by atomic mass is 19.1. The van der Waals surface area contributed by atoms with Crippen molar-refractivity contribution in [1.29, 1.82) is 5.26 Å². The maximum absolute atomic E-state index is 13.4. The van der Waals surface area contributed by atoms with Crippen molar-refractivity contribution in [2.45, 2.75) is 31.8 Å². The number of benzene rings is 2. The van der Waals surface area contributed by atoms with Crippen molar-refractivity contribution in [1.82, 2.24) is 10.6 Å². The third-order valence-electron chi connectivity index (χ3n) is 4.20. The third-order valence-corrected chi connectivity index (χ3v) is 4.20. The molecular formula is C21H20FN3O4. The van der Waals surface area contributed by atoms with Gasteiger partial charge in [0.05, 0.1) is 11.6 Å². The zero-order valence-electron chi connectivity index (χ0n) is 15.7. The van der Waals surface area contributed by atoms with E-state index in [4.69, 9.17) is 5.26 Å². The van der Waals surface area contributed by atoms with E-state index in [2.05, 4.69) is 10.6 Å². The quantitative estimate of drug-likeness (QED) is 0.624. The first-order chi connectivity index (χ1) is 13.8. The molecule has 0 saturated heterocycles. The largest absolute Gasteiger partial charge is 0.480 e. The van der Waals surface area contributed by atoms with Gasteiger partial charge in [-0.2, -0.15) is 5.26 Å². The van der Waals surface area contributed by atoms with Crippen LogP contribution in [0.5, 0.6) is 0 Å². The fraction of sp³-hybridized carbons (Fsp3) is 0.238. The number of rotatable bonds is 8. The Morgan fingerprint density at radius 1 is 1.07 bits per heavy atom. The summed E-state index contributed by atoms with van der Waals surface area (Å²) in [7, 11) is 0. The number of carboxylic acid groups (broad SMARTS) is 1. The number of nitrogens with zero attached hydrogens (tertiary/aromatic N) is 1. The van der Waals surface area contributed by atoms with E-state index >= 15 is 0 Å². The van der Waals surface area contributed by atoms with Gasteiger partial charge in [-0.25, -0.2) is 9.18 Å². The van der Waals surface area contributed by atoms with Gasteiger partial charge in [-0.3, -0.25) is 9.59 Å². The van der Waals surface area contributed by atoms with Crippen molar-refractivity contribution in [3.8, 4) is 6.07 Å². The van der Waals surface area contributed by atoms with Gasteiger partial charge in [0.2, 0.25) is 11.8 Å². The second-order valence-electron chi connectivity index (χ2n) is 6.46. The molecule has 0 aliphatic carbocycles. The van der Waals surface area contributed by atoms with E-state index in [9.17, 15) is 23.9 Å². The van der Waals surface area contributed by atoms with Crippen molar-refractivity contribution >= 4 is 17.8 Å². The summed E-state index contributed by atoms with van der Waals surface area (Å²) in [6, 6.07) is 11.7. The van der Waals surface area contributed by atoms with E-state index in [-0.39, 0.29) is 12.8 Å². The van der Waals surface area contributed by atoms with Crippen molar-refractivity contribution in [2.75, 3.05) is 0 Å². The maximum atomic E-state index is 13.4. The van der Waals surface area contributed by atoms with Crippen LogP contribution in [0.15, 0.2) is 48.5 Å². The maximum Gasteiger partial charge on any atom is 0.326 e. The standard InChI is InChI=1S/C21H20FN3O4/c1-13(26)24-18(10-14-5-4-8-17(22)9-14)20(27)25-19(21(28)29)11-15-6-2-3-7-16(15)12-23/h2-9,18-19H,10-11H2,1H3,(H,24,26)(H,25,27)(H,28,29)/t18-,19-/m0/s1. The van der Waals surface area contributed by atoms with Crippen LogP contribution in [0.1, 0.15) is 23.6 Å². The molecule has 0 heterocycles. The minimum Gasteiger partial charge on any atom is -0.480 e. The normalized spacial score (nSPS) is 12.3. The molecule has 0 spiro atoms. The predicted octanol–water partition coefficient (Wildman–Crippen LogP) is 1.56. The van der Waals surface area contributed by atoms with E-state index in [1.165, 1.54) is 25.1 Å². The van der Waals surface area contributed by atoms with Crippen LogP contribution >= 0.6 is 0 Å². The summed E-state index contributed by atoms with van der Waals surface area (Å²) in [5, 5.41) is 23.5. The van der Waals surface area contributed by atoms with Crippen molar-refractivity contribution in [2.24, 2.45) is 0 Å². The van der Waals surface area contributed by atoms with Crippen LogP contribution in [-0.4, -0.2) is 35.0 Å². The fourth-order valence-corrected chi connectivity index (χ4v) is 2.85. The molecule has 7 nitrogen and oxygen atoms in total. The Morgan fingerprint density at radius 2 is 1.79 bits per heavy atom. The Labute approximate surface area is 167 Å². The predicted molar refractivity (Wildman–Crippen MR) is 102 cm³/mol. The molecule has 2 amide bonds. The molecule has 0 aliphatic rings. The van der Waals surface area contributed by atoms with Crippen LogP contribution in [-0.2, 0) is 27.2 Å². The molecule has 3 N–H and O–H groups in total. The number of nitrogens with one attached hydrogen (secondary N) is 2. The minimum absolute atomic E-state index is 0.00963. The lowest BCUT2D eigenvalue weighted by Crippen LogP contribution is -2.52. The fourth-order valence-electron chi connectivity index (χ4n) is 2.85. The summed E-state index contributed by atoms with van der Waals surface area (Å²) < 4.78 is 13.4. The monoisotopic (exact) mass is 397 g/mol. The average molecular weight is 397 g/mol. The Balaban J connectivity index is 2.18. The molecule has 0 fully saturated rings. The first-order valence-corrected chi connectivity index (χ1v) is 8.83. The minimum atomic E-state index is -1.30. The number of aliphatic carboxylic acids is 1. The van der Waals surface area contributed by atoms with Gasteiger partial charge in [-0.15, -0.1) is 0 Å². The Hall–Kier alpha value is -3.73. The molecule has 0 radical (unpaired) electrons. The Kier molecular flexibility index (Phi) is 7.43.